The Labute approximate surface area is 99.5 Å². The number of benzene rings is 2. The van der Waals surface area contributed by atoms with E-state index >= 15 is 0 Å². The molecule has 0 radical (unpaired) electrons. The molecule has 2 N–H and O–H groups in total. The minimum absolute atomic E-state index is 0.752. The monoisotopic (exact) mass is 223 g/mol. The highest BCUT2D eigenvalue weighted by Crippen LogP contribution is 2.16. The molecule has 2 aromatic carbocycles. The molecule has 0 unspecified atom stereocenters. The van der Waals surface area contributed by atoms with E-state index in [9.17, 15) is 0 Å². The first kappa shape index (κ1) is 9.90. The van der Waals surface area contributed by atoms with Crippen molar-refractivity contribution in [3.8, 4) is 0 Å². The van der Waals surface area contributed by atoms with Crippen LogP contribution in [0.3, 0.4) is 0 Å². The number of hydrogen-bond acceptors (Lipinski definition) is 2. The number of nitrogens with zero attached hydrogens (tertiary/aromatic N) is 2. The summed E-state index contributed by atoms with van der Waals surface area (Å²) in [5, 5.41) is 5.63. The lowest BCUT2D eigenvalue weighted by molar-refractivity contribution is 0.696. The van der Waals surface area contributed by atoms with Gasteiger partial charge in [-0.15, -0.1) is 0 Å². The van der Waals surface area contributed by atoms with Crippen LogP contribution in [0.2, 0.25) is 0 Å². The summed E-state index contributed by atoms with van der Waals surface area (Å²) in [5.74, 6) is 0. The second-order valence-electron chi connectivity index (χ2n) is 4.13. The van der Waals surface area contributed by atoms with Crippen molar-refractivity contribution in [2.24, 2.45) is 0 Å². The summed E-state index contributed by atoms with van der Waals surface area (Å²) in [6.07, 6.45) is 2.04. The maximum atomic E-state index is 5.74. The third-order valence-electron chi connectivity index (χ3n) is 2.77. The van der Waals surface area contributed by atoms with Crippen molar-refractivity contribution >= 4 is 16.6 Å². The van der Waals surface area contributed by atoms with Crippen LogP contribution in [0.4, 0.5) is 5.69 Å². The molecule has 0 aliphatic heterocycles. The van der Waals surface area contributed by atoms with E-state index in [1.807, 2.05) is 47.3 Å². The predicted octanol–water partition coefficient (Wildman–Crippen LogP) is 2.67. The molecular weight excluding hydrogens is 210 g/mol. The standard InChI is InChI=1S/C14H13N3/c15-13-7-6-12-10-17(16-14(12)8-13)9-11-4-2-1-3-5-11/h1-8,10H,9,15H2. The van der Waals surface area contributed by atoms with Gasteiger partial charge in [-0.05, 0) is 23.8 Å². The van der Waals surface area contributed by atoms with Gasteiger partial charge in [0.15, 0.2) is 0 Å². The van der Waals surface area contributed by atoms with Crippen LogP contribution in [0.15, 0.2) is 54.7 Å². The van der Waals surface area contributed by atoms with E-state index in [0.29, 0.717) is 0 Å². The topological polar surface area (TPSA) is 43.8 Å². The minimum Gasteiger partial charge on any atom is -0.399 e. The van der Waals surface area contributed by atoms with E-state index in [2.05, 4.69) is 17.2 Å². The largest absolute Gasteiger partial charge is 0.399 e. The van der Waals surface area contributed by atoms with Crippen LogP contribution < -0.4 is 5.73 Å². The zero-order valence-electron chi connectivity index (χ0n) is 9.38. The first-order valence-electron chi connectivity index (χ1n) is 5.58. The smallest absolute Gasteiger partial charge is 0.0943 e. The average Bonchev–Trinajstić information content (AvgIpc) is 2.71. The Morgan fingerprint density at radius 2 is 1.88 bits per heavy atom. The fourth-order valence-corrected chi connectivity index (χ4v) is 1.94. The highest BCUT2D eigenvalue weighted by molar-refractivity contribution is 5.81. The second kappa shape index (κ2) is 3.94. The zero-order valence-corrected chi connectivity index (χ0v) is 9.38. The van der Waals surface area contributed by atoms with Crippen LogP contribution in [-0.4, -0.2) is 9.78 Å². The van der Waals surface area contributed by atoms with Crippen molar-refractivity contribution in [1.29, 1.82) is 0 Å². The third kappa shape index (κ3) is 1.99. The SMILES string of the molecule is Nc1ccc2cn(Cc3ccccc3)nc2c1. The fourth-order valence-electron chi connectivity index (χ4n) is 1.94. The highest BCUT2D eigenvalue weighted by atomic mass is 15.3. The van der Waals surface area contributed by atoms with Gasteiger partial charge in [-0.3, -0.25) is 4.68 Å². The van der Waals surface area contributed by atoms with Gasteiger partial charge in [0.2, 0.25) is 0 Å². The van der Waals surface area contributed by atoms with Gasteiger partial charge < -0.3 is 5.73 Å². The van der Waals surface area contributed by atoms with Crippen LogP contribution in [0, 0.1) is 0 Å². The number of hydrogen-bond donors (Lipinski definition) is 1. The number of anilines is 1. The van der Waals surface area contributed by atoms with E-state index in [1.54, 1.807) is 0 Å². The van der Waals surface area contributed by atoms with Crippen molar-refractivity contribution in [2.45, 2.75) is 6.54 Å². The maximum absolute atomic E-state index is 5.74. The predicted molar refractivity (Wildman–Crippen MR) is 69.7 cm³/mol. The van der Waals surface area contributed by atoms with Crippen LogP contribution in [0.5, 0.6) is 0 Å². The van der Waals surface area contributed by atoms with Gasteiger partial charge >= 0.3 is 0 Å². The number of aromatic nitrogens is 2. The van der Waals surface area contributed by atoms with E-state index in [1.165, 1.54) is 5.56 Å². The van der Waals surface area contributed by atoms with Crippen LogP contribution in [0.1, 0.15) is 5.56 Å². The van der Waals surface area contributed by atoms with E-state index in [4.69, 9.17) is 5.73 Å². The van der Waals surface area contributed by atoms with Gasteiger partial charge in [-0.1, -0.05) is 30.3 Å². The number of nitrogens with two attached hydrogens (primary N) is 1. The molecule has 3 nitrogen and oxygen atoms in total. The van der Waals surface area contributed by atoms with E-state index in [0.717, 1.165) is 23.1 Å². The van der Waals surface area contributed by atoms with Crippen molar-refractivity contribution in [3.05, 3.63) is 60.3 Å². The minimum atomic E-state index is 0.752. The summed E-state index contributed by atoms with van der Waals surface area (Å²) in [6, 6.07) is 16.1. The summed E-state index contributed by atoms with van der Waals surface area (Å²) in [5.41, 5.74) is 8.68. The van der Waals surface area contributed by atoms with Crippen LogP contribution >= 0.6 is 0 Å². The Morgan fingerprint density at radius 1 is 1.06 bits per heavy atom. The molecule has 0 saturated carbocycles. The molecule has 0 aliphatic rings. The Balaban J connectivity index is 1.96. The molecule has 3 aromatic rings. The quantitative estimate of drug-likeness (QED) is 0.679. The van der Waals surface area contributed by atoms with Gasteiger partial charge in [0, 0.05) is 17.3 Å². The maximum Gasteiger partial charge on any atom is 0.0943 e. The molecule has 1 aromatic heterocycles. The van der Waals surface area contributed by atoms with Crippen molar-refractivity contribution < 1.29 is 0 Å². The molecule has 0 atom stereocenters. The number of rotatable bonds is 2. The molecule has 0 aliphatic carbocycles. The lowest BCUT2D eigenvalue weighted by Gasteiger charge is -2.00. The molecule has 84 valence electrons. The average molecular weight is 223 g/mol. The molecular formula is C14H13N3. The van der Waals surface area contributed by atoms with Gasteiger partial charge in [-0.25, -0.2) is 0 Å². The Kier molecular flexibility index (Phi) is 2.29. The van der Waals surface area contributed by atoms with Gasteiger partial charge in [-0.2, -0.15) is 5.10 Å². The summed E-state index contributed by atoms with van der Waals surface area (Å²) >= 11 is 0. The lowest BCUT2D eigenvalue weighted by atomic mass is 10.2. The molecule has 0 fully saturated rings. The summed E-state index contributed by atoms with van der Waals surface area (Å²) in [7, 11) is 0. The molecule has 0 amide bonds. The number of nitrogen functional groups attached to an aromatic ring is 1. The fraction of sp³-hybridized carbons (Fsp3) is 0.0714. The van der Waals surface area contributed by atoms with Crippen molar-refractivity contribution in [3.63, 3.8) is 0 Å². The zero-order chi connectivity index (χ0) is 11.7. The number of fused-ring (bicyclic) bond motifs is 1. The molecule has 17 heavy (non-hydrogen) atoms. The van der Waals surface area contributed by atoms with Crippen molar-refractivity contribution in [2.75, 3.05) is 5.73 Å². The molecule has 1 heterocycles. The molecule has 3 heteroatoms. The Hall–Kier alpha value is -2.29. The van der Waals surface area contributed by atoms with Gasteiger partial charge in [0.05, 0.1) is 12.1 Å². The summed E-state index contributed by atoms with van der Waals surface area (Å²) in [4.78, 5) is 0. The van der Waals surface area contributed by atoms with Gasteiger partial charge in [0.1, 0.15) is 0 Å². The summed E-state index contributed by atoms with van der Waals surface area (Å²) in [6.45, 7) is 0.787. The molecule has 0 bridgehead atoms. The summed E-state index contributed by atoms with van der Waals surface area (Å²) < 4.78 is 1.94. The van der Waals surface area contributed by atoms with E-state index in [-0.39, 0.29) is 0 Å². The molecule has 0 saturated heterocycles. The molecule has 3 rings (SSSR count). The third-order valence-corrected chi connectivity index (χ3v) is 2.77. The van der Waals surface area contributed by atoms with Crippen LogP contribution in [-0.2, 0) is 6.54 Å². The highest BCUT2D eigenvalue weighted by Gasteiger charge is 2.01. The first-order chi connectivity index (χ1) is 8.31. The second-order valence-corrected chi connectivity index (χ2v) is 4.13. The molecule has 0 spiro atoms. The van der Waals surface area contributed by atoms with Crippen molar-refractivity contribution in [1.82, 2.24) is 9.78 Å². The Bertz CT molecular complexity index is 641. The Morgan fingerprint density at radius 3 is 2.71 bits per heavy atom. The first-order valence-corrected chi connectivity index (χ1v) is 5.58. The lowest BCUT2D eigenvalue weighted by Crippen LogP contribution is -1.99. The normalized spacial score (nSPS) is 10.8. The van der Waals surface area contributed by atoms with Gasteiger partial charge in [0.25, 0.3) is 0 Å². The van der Waals surface area contributed by atoms with E-state index < -0.39 is 0 Å². The van der Waals surface area contributed by atoms with Crippen LogP contribution in [0.25, 0.3) is 10.9 Å².